The lowest BCUT2D eigenvalue weighted by molar-refractivity contribution is -0.00346. The van der Waals surface area contributed by atoms with E-state index in [9.17, 15) is 14.0 Å². The quantitative estimate of drug-likeness (QED) is 0.413. The number of benzene rings is 2. The van der Waals surface area contributed by atoms with Crippen LogP contribution in [0.2, 0.25) is 0 Å². The number of aromatic nitrogens is 2. The molecular formula is C31H31FN4O5. The first-order valence-electron chi connectivity index (χ1n) is 13.8. The molecule has 2 aromatic carbocycles. The molecule has 10 heteroatoms. The first-order valence-corrected chi connectivity index (χ1v) is 13.8. The summed E-state index contributed by atoms with van der Waals surface area (Å²) in [5.74, 6) is 0.363. The predicted octanol–water partition coefficient (Wildman–Crippen LogP) is 3.62. The molecule has 2 amide bonds. The van der Waals surface area contributed by atoms with E-state index in [0.717, 1.165) is 41.7 Å². The van der Waals surface area contributed by atoms with Gasteiger partial charge in [-0.25, -0.2) is 9.37 Å². The number of rotatable bonds is 9. The van der Waals surface area contributed by atoms with Crippen LogP contribution in [-0.4, -0.2) is 61.3 Å². The normalized spacial score (nSPS) is 16.2. The van der Waals surface area contributed by atoms with Crippen molar-refractivity contribution in [3.8, 4) is 11.6 Å². The minimum absolute atomic E-state index is 0.0119. The van der Waals surface area contributed by atoms with Crippen molar-refractivity contribution >= 4 is 17.4 Å². The summed E-state index contributed by atoms with van der Waals surface area (Å²) in [6.07, 6.45) is 5.99. The van der Waals surface area contributed by atoms with Crippen LogP contribution in [-0.2, 0) is 17.6 Å². The molecule has 3 aliphatic rings. The summed E-state index contributed by atoms with van der Waals surface area (Å²) in [5, 5.41) is 5.40. The lowest BCUT2D eigenvalue weighted by Gasteiger charge is -2.27. The number of allylic oxidation sites excluding steroid dienone is 1. The Morgan fingerprint density at radius 1 is 1.10 bits per heavy atom. The van der Waals surface area contributed by atoms with E-state index in [1.165, 1.54) is 19.2 Å². The highest BCUT2D eigenvalue weighted by atomic mass is 19.1. The van der Waals surface area contributed by atoms with E-state index in [1.54, 1.807) is 25.3 Å². The number of hydrogen-bond acceptors (Lipinski definition) is 7. The molecule has 1 saturated heterocycles. The Morgan fingerprint density at radius 2 is 1.93 bits per heavy atom. The molecule has 0 bridgehead atoms. The first kappa shape index (κ1) is 26.9. The van der Waals surface area contributed by atoms with Gasteiger partial charge in [0.15, 0.2) is 0 Å². The molecular weight excluding hydrogens is 527 g/mol. The van der Waals surface area contributed by atoms with E-state index in [0.29, 0.717) is 54.6 Å². The fourth-order valence-corrected chi connectivity index (χ4v) is 5.12. The number of methoxy groups -OCH3 is 1. The van der Waals surface area contributed by atoms with Crippen LogP contribution in [0.1, 0.15) is 68.2 Å². The maximum atomic E-state index is 14.8. The van der Waals surface area contributed by atoms with Gasteiger partial charge < -0.3 is 24.8 Å². The summed E-state index contributed by atoms with van der Waals surface area (Å²) in [6, 6.07) is 9.96. The van der Waals surface area contributed by atoms with Crippen LogP contribution in [0, 0.1) is 5.82 Å². The first-order chi connectivity index (χ1) is 19.9. The number of halogens is 1. The Bertz CT molecular complexity index is 1550. The minimum Gasteiger partial charge on any atom is -0.496 e. The zero-order valence-electron chi connectivity index (χ0n) is 23.0. The van der Waals surface area contributed by atoms with Crippen LogP contribution in [0.4, 0.5) is 4.39 Å². The van der Waals surface area contributed by atoms with Crippen LogP contribution >= 0.6 is 0 Å². The van der Waals surface area contributed by atoms with Crippen molar-refractivity contribution in [2.45, 2.75) is 44.2 Å². The van der Waals surface area contributed by atoms with Crippen molar-refractivity contribution in [3.63, 3.8) is 0 Å². The third-order valence-electron chi connectivity index (χ3n) is 7.72. The molecule has 2 fully saturated rings. The Hall–Kier alpha value is -4.31. The van der Waals surface area contributed by atoms with Gasteiger partial charge >= 0.3 is 0 Å². The van der Waals surface area contributed by atoms with Gasteiger partial charge in [-0.1, -0.05) is 18.2 Å². The SMILES string of the molecule is CNC(=O)c1ccc(C2=CCc3nc(Cc4ccc(C(=O)NC5COC5)cc4OC)nc(OC4CCC4)c32)cc1F. The summed E-state index contributed by atoms with van der Waals surface area (Å²) < 4.78 is 31.9. The lowest BCUT2D eigenvalue weighted by Crippen LogP contribution is -2.48. The van der Waals surface area contributed by atoms with E-state index in [2.05, 4.69) is 10.6 Å². The van der Waals surface area contributed by atoms with Crippen LogP contribution in [0.3, 0.4) is 0 Å². The Balaban J connectivity index is 1.29. The van der Waals surface area contributed by atoms with Gasteiger partial charge in [0.05, 0.1) is 43.2 Å². The Kier molecular flexibility index (Phi) is 7.40. The van der Waals surface area contributed by atoms with Gasteiger partial charge in [-0.05, 0) is 54.7 Å². The van der Waals surface area contributed by atoms with Crippen LogP contribution < -0.4 is 20.1 Å². The summed E-state index contributed by atoms with van der Waals surface area (Å²) >= 11 is 0. The van der Waals surface area contributed by atoms with Gasteiger partial charge in [-0.2, -0.15) is 4.98 Å². The zero-order valence-corrected chi connectivity index (χ0v) is 23.0. The highest BCUT2D eigenvalue weighted by Gasteiger charge is 2.29. The molecule has 0 radical (unpaired) electrons. The third-order valence-corrected chi connectivity index (χ3v) is 7.72. The number of carbonyl (C=O) groups is 2. The average molecular weight is 559 g/mol. The Morgan fingerprint density at radius 3 is 2.59 bits per heavy atom. The number of ether oxygens (including phenoxy) is 3. The smallest absolute Gasteiger partial charge is 0.253 e. The zero-order chi connectivity index (χ0) is 28.5. The van der Waals surface area contributed by atoms with Crippen molar-refractivity contribution in [3.05, 3.63) is 87.6 Å². The van der Waals surface area contributed by atoms with E-state index < -0.39 is 11.7 Å². The van der Waals surface area contributed by atoms with Gasteiger partial charge in [0.2, 0.25) is 5.88 Å². The summed E-state index contributed by atoms with van der Waals surface area (Å²) in [6.45, 7) is 1.05. The number of fused-ring (bicyclic) bond motifs is 1. The van der Waals surface area contributed by atoms with Crippen molar-refractivity contribution < 1.29 is 28.2 Å². The van der Waals surface area contributed by atoms with Crippen LogP contribution in [0.15, 0.2) is 42.5 Å². The fraction of sp³-hybridized carbons (Fsp3) is 0.355. The molecule has 1 aromatic heterocycles. The van der Waals surface area contributed by atoms with Gasteiger partial charge in [0.1, 0.15) is 23.5 Å². The predicted molar refractivity (Wildman–Crippen MR) is 149 cm³/mol. The number of nitrogens with one attached hydrogen (secondary N) is 2. The number of carbonyl (C=O) groups excluding carboxylic acids is 2. The molecule has 1 saturated carbocycles. The van der Waals surface area contributed by atoms with E-state index in [1.807, 2.05) is 12.1 Å². The summed E-state index contributed by atoms with van der Waals surface area (Å²) in [4.78, 5) is 34.3. The molecule has 6 rings (SSSR count). The Labute approximate surface area is 237 Å². The molecule has 2 aliphatic carbocycles. The molecule has 2 heterocycles. The number of amides is 2. The number of nitrogens with zero attached hydrogens (tertiary/aromatic N) is 2. The standard InChI is InChI=1S/C31H31FN4O5/c1-33-30(38)23-9-8-17(12-24(23)32)22-10-11-25-28(22)31(41-21-4-3-5-21)36-27(35-25)14-18-6-7-19(13-26(18)39-2)29(37)34-20-15-40-16-20/h6-10,12-13,20-21H,3-5,11,14-16H2,1-2H3,(H,33,38)(H,34,37). The van der Waals surface area contributed by atoms with Gasteiger partial charge in [0, 0.05) is 31.0 Å². The fourth-order valence-electron chi connectivity index (χ4n) is 5.12. The van der Waals surface area contributed by atoms with E-state index >= 15 is 0 Å². The monoisotopic (exact) mass is 558 g/mol. The molecule has 9 nitrogen and oxygen atoms in total. The molecule has 0 unspecified atom stereocenters. The third kappa shape index (κ3) is 5.39. The van der Waals surface area contributed by atoms with Crippen molar-refractivity contribution in [2.24, 2.45) is 0 Å². The summed E-state index contributed by atoms with van der Waals surface area (Å²) in [5.41, 5.74) is 4.30. The summed E-state index contributed by atoms with van der Waals surface area (Å²) in [7, 11) is 3.04. The second-order valence-corrected chi connectivity index (χ2v) is 10.4. The molecule has 0 atom stereocenters. The number of hydrogen-bond donors (Lipinski definition) is 2. The molecule has 2 N–H and O–H groups in total. The van der Waals surface area contributed by atoms with E-state index in [-0.39, 0.29) is 23.6 Å². The highest BCUT2D eigenvalue weighted by Crippen LogP contribution is 2.40. The average Bonchev–Trinajstić information content (AvgIpc) is 3.36. The minimum atomic E-state index is -0.597. The second kappa shape index (κ2) is 11.3. The topological polar surface area (TPSA) is 112 Å². The van der Waals surface area contributed by atoms with Gasteiger partial charge in [-0.15, -0.1) is 0 Å². The molecule has 0 spiro atoms. The maximum absolute atomic E-state index is 14.8. The van der Waals surface area contributed by atoms with Gasteiger partial charge in [0.25, 0.3) is 11.8 Å². The molecule has 1 aliphatic heterocycles. The molecule has 3 aromatic rings. The van der Waals surface area contributed by atoms with Crippen molar-refractivity contribution in [1.29, 1.82) is 0 Å². The maximum Gasteiger partial charge on any atom is 0.253 e. The van der Waals surface area contributed by atoms with Crippen molar-refractivity contribution in [2.75, 3.05) is 27.4 Å². The van der Waals surface area contributed by atoms with E-state index in [4.69, 9.17) is 24.2 Å². The second-order valence-electron chi connectivity index (χ2n) is 10.4. The van der Waals surface area contributed by atoms with Crippen LogP contribution in [0.5, 0.6) is 11.6 Å². The molecule has 212 valence electrons. The van der Waals surface area contributed by atoms with Crippen molar-refractivity contribution in [1.82, 2.24) is 20.6 Å². The van der Waals surface area contributed by atoms with Gasteiger partial charge in [-0.3, -0.25) is 9.59 Å². The lowest BCUT2D eigenvalue weighted by atomic mass is 9.96. The largest absolute Gasteiger partial charge is 0.496 e. The van der Waals surface area contributed by atoms with Crippen LogP contribution in [0.25, 0.3) is 5.57 Å². The molecule has 41 heavy (non-hydrogen) atoms. The highest BCUT2D eigenvalue weighted by molar-refractivity contribution is 5.96.